The van der Waals surface area contributed by atoms with Crippen LogP contribution in [-0.2, 0) is 3.82 Å². The maximum atomic E-state index is 13.6. The molecule has 2 aromatic heterocycles. The summed E-state index contributed by atoms with van der Waals surface area (Å²) in [5, 5.41) is 0.643. The number of carbonyl (C=O) groups excluding carboxylic acids is 1. The van der Waals surface area contributed by atoms with Crippen molar-refractivity contribution in [2.24, 2.45) is 0 Å². The third kappa shape index (κ3) is 3.94. The van der Waals surface area contributed by atoms with Crippen molar-refractivity contribution in [3.8, 4) is 0 Å². The van der Waals surface area contributed by atoms with Crippen LogP contribution in [0.15, 0.2) is 91.6 Å². The van der Waals surface area contributed by atoms with Gasteiger partial charge in [0.1, 0.15) is 0 Å². The summed E-state index contributed by atoms with van der Waals surface area (Å²) in [5.74, 6) is -0.951. The average Bonchev–Trinajstić information content (AvgIpc) is 2.85. The second-order valence-electron chi connectivity index (χ2n) is 8.17. The summed E-state index contributed by atoms with van der Waals surface area (Å²) in [6.45, 7) is 3.55. The van der Waals surface area contributed by atoms with E-state index in [1.165, 1.54) is 12.1 Å². The molecule has 182 valence electrons. The summed E-state index contributed by atoms with van der Waals surface area (Å²) < 4.78 is 28.5. The third-order valence-corrected chi connectivity index (χ3v) is 10.5. The standard InChI is InChI=1S/C27H19ClO7Se/c1-15-6-3-10-19-23(29)21(13-33-25(15)19)36(32,35-27(31)17-8-5-9-18(28)12-17)22-14-34-26-16(2)7-4-11-20(26)24(22)30/h3-14,32H,1-2H3. The van der Waals surface area contributed by atoms with Crippen molar-refractivity contribution in [1.29, 1.82) is 0 Å². The molecule has 0 amide bonds. The summed E-state index contributed by atoms with van der Waals surface area (Å²) in [4.78, 5) is 40.3. The molecular weight excluding hydrogens is 551 g/mol. The molecule has 0 aliphatic heterocycles. The molecule has 2 heterocycles. The molecule has 3 aromatic carbocycles. The number of fused-ring (bicyclic) bond motifs is 2. The first-order valence-electron chi connectivity index (χ1n) is 10.8. The molecular formula is C27H19ClO7Se. The molecule has 0 saturated carbocycles. The van der Waals surface area contributed by atoms with Gasteiger partial charge < -0.3 is 0 Å². The first-order chi connectivity index (χ1) is 17.2. The number of hydrogen-bond acceptors (Lipinski definition) is 7. The van der Waals surface area contributed by atoms with Gasteiger partial charge in [0.05, 0.1) is 0 Å². The summed E-state index contributed by atoms with van der Waals surface area (Å²) in [6, 6.07) is 15.9. The van der Waals surface area contributed by atoms with Gasteiger partial charge in [0.15, 0.2) is 0 Å². The zero-order valence-electron chi connectivity index (χ0n) is 19.1. The van der Waals surface area contributed by atoms with Gasteiger partial charge in [-0.15, -0.1) is 0 Å². The SMILES string of the molecule is Cc1cccc2c(=O)c([Se](O)(OC(=O)c3cccc(Cl)c3)c3coc4c(C)cccc4c3=O)coc12. The zero-order chi connectivity index (χ0) is 25.6. The second kappa shape index (κ2) is 9.08. The number of benzene rings is 3. The van der Waals surface area contributed by atoms with Gasteiger partial charge in [-0.1, -0.05) is 0 Å². The Morgan fingerprint density at radius 2 is 1.33 bits per heavy atom. The van der Waals surface area contributed by atoms with Crippen LogP contribution < -0.4 is 19.8 Å². The topological polar surface area (TPSA) is 107 Å². The van der Waals surface area contributed by atoms with Crippen LogP contribution in [-0.4, -0.2) is 23.7 Å². The van der Waals surface area contributed by atoms with Gasteiger partial charge >= 0.3 is 213 Å². The van der Waals surface area contributed by atoms with Crippen LogP contribution in [0.1, 0.15) is 21.5 Å². The molecule has 0 atom stereocenters. The maximum absolute atomic E-state index is 13.6. The minimum atomic E-state index is -5.08. The number of rotatable bonds is 4. The van der Waals surface area contributed by atoms with Crippen LogP contribution in [0.5, 0.6) is 0 Å². The van der Waals surface area contributed by atoms with Gasteiger partial charge in [-0.05, 0) is 0 Å². The monoisotopic (exact) mass is 570 g/mol. The first-order valence-corrected chi connectivity index (χ1v) is 14.3. The van der Waals surface area contributed by atoms with Gasteiger partial charge in [-0.2, -0.15) is 0 Å². The van der Waals surface area contributed by atoms with Gasteiger partial charge in [0, 0.05) is 0 Å². The quantitative estimate of drug-likeness (QED) is 0.330. The Morgan fingerprint density at radius 3 is 1.83 bits per heavy atom. The van der Waals surface area contributed by atoms with Gasteiger partial charge in [-0.3, -0.25) is 0 Å². The van der Waals surface area contributed by atoms with E-state index in [4.69, 9.17) is 24.3 Å². The normalized spacial score (nSPS) is 12.1. The molecule has 0 unspecified atom stereocenters. The van der Waals surface area contributed by atoms with Crippen molar-refractivity contribution < 1.29 is 21.6 Å². The van der Waals surface area contributed by atoms with E-state index in [0.717, 1.165) is 12.5 Å². The predicted octanol–water partition coefficient (Wildman–Crippen LogP) is 3.58. The van der Waals surface area contributed by atoms with Gasteiger partial charge in [-0.25, -0.2) is 0 Å². The number of halogens is 1. The molecule has 7 nitrogen and oxygen atoms in total. The van der Waals surface area contributed by atoms with Gasteiger partial charge in [0.2, 0.25) is 0 Å². The van der Waals surface area contributed by atoms with Crippen LogP contribution >= 0.6 is 11.6 Å². The van der Waals surface area contributed by atoms with E-state index in [1.54, 1.807) is 62.4 Å². The Hall–Kier alpha value is -3.68. The van der Waals surface area contributed by atoms with Crippen molar-refractivity contribution >= 4 is 61.9 Å². The second-order valence-corrected chi connectivity index (χ2v) is 13.0. The van der Waals surface area contributed by atoms with Crippen LogP contribution in [0, 0.1) is 13.8 Å². The zero-order valence-corrected chi connectivity index (χ0v) is 21.6. The Balaban J connectivity index is 1.79. The molecule has 0 aliphatic carbocycles. The summed E-state index contributed by atoms with van der Waals surface area (Å²) in [6.07, 6.45) is 2.12. The summed E-state index contributed by atoms with van der Waals surface area (Å²) in [7, 11) is 0. The molecule has 5 aromatic rings. The van der Waals surface area contributed by atoms with E-state index in [2.05, 4.69) is 0 Å². The molecule has 0 spiro atoms. The van der Waals surface area contributed by atoms with Gasteiger partial charge in [0.25, 0.3) is 0 Å². The molecule has 0 aliphatic rings. The van der Waals surface area contributed by atoms with Crippen molar-refractivity contribution in [2.75, 3.05) is 0 Å². The number of hydrogen-bond donors (Lipinski definition) is 1. The van der Waals surface area contributed by atoms with Crippen molar-refractivity contribution in [1.82, 2.24) is 0 Å². The number of aryl methyl sites for hydroxylation is 2. The number of para-hydroxylation sites is 2. The first kappa shape index (κ1) is 24.0. The molecule has 0 fully saturated rings. The van der Waals surface area contributed by atoms with E-state index in [9.17, 15) is 18.6 Å². The Bertz CT molecular complexity index is 1690. The third-order valence-electron chi connectivity index (χ3n) is 5.78. The molecule has 0 saturated heterocycles. The molecule has 0 radical (unpaired) electrons. The van der Waals surface area contributed by atoms with Crippen molar-refractivity contribution in [2.45, 2.75) is 13.8 Å². The van der Waals surface area contributed by atoms with E-state index in [-0.39, 0.29) is 30.3 Å². The van der Waals surface area contributed by atoms with Crippen LogP contribution in [0.2, 0.25) is 5.02 Å². The summed E-state index contributed by atoms with van der Waals surface area (Å²) in [5.41, 5.74) is 0.899. The fourth-order valence-corrected chi connectivity index (χ4v) is 7.93. The van der Waals surface area contributed by atoms with E-state index >= 15 is 0 Å². The fourth-order valence-electron chi connectivity index (χ4n) is 3.94. The molecule has 36 heavy (non-hydrogen) atoms. The Labute approximate surface area is 212 Å². The Kier molecular flexibility index (Phi) is 6.06. The van der Waals surface area contributed by atoms with Crippen molar-refractivity contribution in [3.05, 3.63) is 115 Å². The van der Waals surface area contributed by atoms with E-state index in [1.807, 2.05) is 0 Å². The Morgan fingerprint density at radius 1 is 0.833 bits per heavy atom. The van der Waals surface area contributed by atoms with Crippen molar-refractivity contribution in [3.63, 3.8) is 0 Å². The number of carbonyl (C=O) groups is 1. The average molecular weight is 570 g/mol. The van der Waals surface area contributed by atoms with Crippen LogP contribution in [0.4, 0.5) is 0 Å². The summed E-state index contributed by atoms with van der Waals surface area (Å²) >= 11 is 0.940. The molecule has 5 rings (SSSR count). The predicted molar refractivity (Wildman–Crippen MR) is 139 cm³/mol. The van der Waals surface area contributed by atoms with E-state index < -0.39 is 30.3 Å². The van der Waals surface area contributed by atoms with E-state index in [0.29, 0.717) is 22.3 Å². The molecule has 1 N–H and O–H groups in total. The minimum absolute atomic E-state index is 0.0418. The molecule has 9 heteroatoms. The fraction of sp³-hybridized carbons (Fsp3) is 0.0741. The molecule has 0 bridgehead atoms. The van der Waals surface area contributed by atoms with Crippen LogP contribution in [0.3, 0.4) is 0 Å². The van der Waals surface area contributed by atoms with Crippen LogP contribution in [0.25, 0.3) is 21.9 Å².